The van der Waals surface area contributed by atoms with Gasteiger partial charge in [0.2, 0.25) is 0 Å². The van der Waals surface area contributed by atoms with Crippen LogP contribution in [0.15, 0.2) is 24.3 Å². The molecule has 1 aromatic heterocycles. The van der Waals surface area contributed by atoms with Gasteiger partial charge in [-0.3, -0.25) is 0 Å². The Morgan fingerprint density at radius 1 is 1.09 bits per heavy atom. The van der Waals surface area contributed by atoms with Gasteiger partial charge in [0.05, 0.1) is 54.3 Å². The van der Waals surface area contributed by atoms with Crippen LogP contribution >= 0.6 is 11.3 Å². The number of fused-ring (bicyclic) bond motifs is 1. The fourth-order valence-corrected chi connectivity index (χ4v) is 5.74. The molecule has 1 heterocycles. The van der Waals surface area contributed by atoms with E-state index < -0.39 is 18.2 Å². The number of nitrogens with zero attached hydrogens (tertiary/aromatic N) is 1. The zero-order valence-electron chi connectivity index (χ0n) is 20.4. The van der Waals surface area contributed by atoms with E-state index in [0.717, 1.165) is 31.2 Å². The van der Waals surface area contributed by atoms with E-state index in [2.05, 4.69) is 4.98 Å². The molecule has 4 rings (SSSR count). The zero-order chi connectivity index (χ0) is 25.1. The van der Waals surface area contributed by atoms with Crippen LogP contribution in [0.2, 0.25) is 0 Å². The molecule has 1 fully saturated rings. The Balaban J connectivity index is 1.71. The number of aliphatic hydroxyl groups excluding tert-OH is 1. The van der Waals surface area contributed by atoms with Crippen LogP contribution in [-0.2, 0) is 11.2 Å². The van der Waals surface area contributed by atoms with Crippen LogP contribution in [-0.4, -0.2) is 54.7 Å². The molecule has 1 saturated carbocycles. The molecule has 0 amide bonds. The molecule has 2 N–H and O–H groups in total. The summed E-state index contributed by atoms with van der Waals surface area (Å²) < 4.78 is 23.5. The number of hydrogen-bond acceptors (Lipinski definition) is 8. The van der Waals surface area contributed by atoms with Crippen molar-refractivity contribution in [1.29, 1.82) is 0 Å². The molecule has 0 aliphatic heterocycles. The summed E-state index contributed by atoms with van der Waals surface area (Å²) in [5.74, 6) is 0.755. The highest BCUT2D eigenvalue weighted by Gasteiger charge is 2.30. The first-order valence-electron chi connectivity index (χ1n) is 11.6. The van der Waals surface area contributed by atoms with Gasteiger partial charge in [-0.2, -0.15) is 0 Å². The van der Waals surface area contributed by atoms with Gasteiger partial charge in [0.25, 0.3) is 0 Å². The number of thiazole rings is 1. The monoisotopic (exact) mass is 501 g/mol. The fourth-order valence-electron chi connectivity index (χ4n) is 4.62. The maximum absolute atomic E-state index is 11.8. The highest BCUT2D eigenvalue weighted by Crippen LogP contribution is 2.38. The Bertz CT molecular complexity index is 1180. The highest BCUT2D eigenvalue weighted by molar-refractivity contribution is 7.19. The Kier molecular flexibility index (Phi) is 7.78. The summed E-state index contributed by atoms with van der Waals surface area (Å²) in [5.41, 5.74) is 1.96. The van der Waals surface area contributed by atoms with Crippen LogP contribution in [0.1, 0.15) is 58.3 Å². The van der Waals surface area contributed by atoms with Gasteiger partial charge >= 0.3 is 5.97 Å². The smallest absolute Gasteiger partial charge is 0.337 e. The van der Waals surface area contributed by atoms with E-state index in [4.69, 9.17) is 18.9 Å². The number of aromatic carboxylic acids is 1. The Morgan fingerprint density at radius 3 is 2.29 bits per heavy atom. The molecule has 3 aromatic rings. The molecule has 188 valence electrons. The van der Waals surface area contributed by atoms with Crippen LogP contribution in [0.25, 0.3) is 10.2 Å². The van der Waals surface area contributed by atoms with Crippen molar-refractivity contribution in [3.63, 3.8) is 0 Å². The molecular weight excluding hydrogens is 470 g/mol. The fraction of sp³-hybridized carbons (Fsp3) is 0.462. The van der Waals surface area contributed by atoms with E-state index in [0.29, 0.717) is 44.5 Å². The molecular formula is C26H31NO7S. The summed E-state index contributed by atoms with van der Waals surface area (Å²) in [6.45, 7) is 1.90. The number of aliphatic hydroxyl groups is 1. The molecule has 0 saturated heterocycles. The predicted octanol–water partition coefficient (Wildman–Crippen LogP) is 4.93. The number of aromatic nitrogens is 1. The standard InChI is InChI=1S/C26H31NO7S/c1-14-19(32-3)11-15(12-20(14)33-4)24(28)21(34-16-7-5-6-8-16)13-22-27-23-17(26(29)30)9-10-18(31-2)25(23)35-22/h9-12,16,21,24,28H,5-8,13H2,1-4H3,(H,29,30)/t21-,24+/m0/s1. The molecule has 8 nitrogen and oxygen atoms in total. The molecule has 9 heteroatoms. The van der Waals surface area contributed by atoms with E-state index in [1.807, 2.05) is 6.92 Å². The first-order chi connectivity index (χ1) is 16.9. The van der Waals surface area contributed by atoms with Crippen molar-refractivity contribution in [3.8, 4) is 17.2 Å². The highest BCUT2D eigenvalue weighted by atomic mass is 32.1. The normalized spacial score (nSPS) is 15.8. The maximum atomic E-state index is 11.8. The van der Waals surface area contributed by atoms with Crippen molar-refractivity contribution in [2.45, 2.75) is 57.3 Å². The van der Waals surface area contributed by atoms with E-state index in [1.54, 1.807) is 39.5 Å². The lowest BCUT2D eigenvalue weighted by Crippen LogP contribution is -2.29. The minimum Gasteiger partial charge on any atom is -0.496 e. The maximum Gasteiger partial charge on any atom is 0.337 e. The van der Waals surface area contributed by atoms with Gasteiger partial charge in [0.1, 0.15) is 23.4 Å². The topological polar surface area (TPSA) is 107 Å². The van der Waals surface area contributed by atoms with Crippen LogP contribution in [0.3, 0.4) is 0 Å². The minimum atomic E-state index is -1.05. The number of hydrogen-bond donors (Lipinski definition) is 2. The molecule has 0 radical (unpaired) electrons. The predicted molar refractivity (Wildman–Crippen MR) is 133 cm³/mol. The van der Waals surface area contributed by atoms with Crippen molar-refractivity contribution in [3.05, 3.63) is 46.0 Å². The van der Waals surface area contributed by atoms with Gasteiger partial charge in [0, 0.05) is 12.0 Å². The van der Waals surface area contributed by atoms with Crippen molar-refractivity contribution in [1.82, 2.24) is 4.98 Å². The second-order valence-electron chi connectivity index (χ2n) is 8.69. The van der Waals surface area contributed by atoms with E-state index in [-0.39, 0.29) is 11.7 Å². The van der Waals surface area contributed by atoms with Crippen LogP contribution in [0.5, 0.6) is 17.2 Å². The van der Waals surface area contributed by atoms with E-state index >= 15 is 0 Å². The largest absolute Gasteiger partial charge is 0.496 e. The van der Waals surface area contributed by atoms with Crippen molar-refractivity contribution in [2.24, 2.45) is 0 Å². The van der Waals surface area contributed by atoms with Crippen molar-refractivity contribution in [2.75, 3.05) is 21.3 Å². The summed E-state index contributed by atoms with van der Waals surface area (Å²) >= 11 is 1.36. The number of carboxylic acid groups (broad SMARTS) is 1. The SMILES string of the molecule is COc1cc([C@@H](O)[C@H](Cc2nc3c(C(=O)O)ccc(OC)c3s2)OC2CCCC2)cc(OC)c1C. The van der Waals surface area contributed by atoms with Gasteiger partial charge in [-0.1, -0.05) is 12.8 Å². The Morgan fingerprint density at radius 2 is 1.71 bits per heavy atom. The molecule has 35 heavy (non-hydrogen) atoms. The third kappa shape index (κ3) is 5.22. The summed E-state index contributed by atoms with van der Waals surface area (Å²) in [6.07, 6.45) is 2.91. The summed E-state index contributed by atoms with van der Waals surface area (Å²) in [6, 6.07) is 6.74. The minimum absolute atomic E-state index is 0.0578. The van der Waals surface area contributed by atoms with Crippen molar-refractivity contribution < 1.29 is 34.0 Å². The molecule has 0 unspecified atom stereocenters. The van der Waals surface area contributed by atoms with Gasteiger partial charge in [-0.15, -0.1) is 11.3 Å². The van der Waals surface area contributed by atoms with Crippen LogP contribution in [0, 0.1) is 6.92 Å². The molecule has 1 aliphatic rings. The first-order valence-corrected chi connectivity index (χ1v) is 12.4. The zero-order valence-corrected chi connectivity index (χ0v) is 21.2. The third-order valence-electron chi connectivity index (χ3n) is 6.52. The van der Waals surface area contributed by atoms with Crippen LogP contribution < -0.4 is 14.2 Å². The quantitative estimate of drug-likeness (QED) is 0.403. The lowest BCUT2D eigenvalue weighted by atomic mass is 9.99. The molecule has 2 atom stereocenters. The third-order valence-corrected chi connectivity index (χ3v) is 7.61. The van der Waals surface area contributed by atoms with Gasteiger partial charge in [-0.05, 0) is 49.6 Å². The summed E-state index contributed by atoms with van der Waals surface area (Å²) in [7, 11) is 4.71. The Hall–Kier alpha value is -2.88. The number of methoxy groups -OCH3 is 3. The molecule has 0 bridgehead atoms. The Labute approximate surface area is 208 Å². The van der Waals surface area contributed by atoms with Gasteiger partial charge < -0.3 is 29.2 Å². The summed E-state index contributed by atoms with van der Waals surface area (Å²) in [5, 5.41) is 21.8. The average molecular weight is 502 g/mol. The lowest BCUT2D eigenvalue weighted by molar-refractivity contribution is -0.0753. The number of ether oxygens (including phenoxy) is 4. The summed E-state index contributed by atoms with van der Waals surface area (Å²) in [4.78, 5) is 16.4. The lowest BCUT2D eigenvalue weighted by Gasteiger charge is -2.27. The van der Waals surface area contributed by atoms with Crippen LogP contribution in [0.4, 0.5) is 0 Å². The van der Waals surface area contributed by atoms with E-state index in [9.17, 15) is 15.0 Å². The van der Waals surface area contributed by atoms with Crippen molar-refractivity contribution >= 4 is 27.5 Å². The number of carboxylic acids is 1. The van der Waals surface area contributed by atoms with Gasteiger partial charge in [0.15, 0.2) is 0 Å². The number of rotatable bonds is 10. The molecule has 2 aromatic carbocycles. The van der Waals surface area contributed by atoms with E-state index in [1.165, 1.54) is 17.4 Å². The molecule has 0 spiro atoms. The number of carbonyl (C=O) groups is 1. The second kappa shape index (κ2) is 10.8. The average Bonchev–Trinajstić information content (AvgIpc) is 3.52. The van der Waals surface area contributed by atoms with Gasteiger partial charge in [-0.25, -0.2) is 9.78 Å². The first kappa shape index (κ1) is 25.2. The molecule has 1 aliphatic carbocycles. The number of benzene rings is 2. The second-order valence-corrected chi connectivity index (χ2v) is 9.77.